The van der Waals surface area contributed by atoms with Crippen molar-refractivity contribution in [2.75, 3.05) is 0 Å². The van der Waals surface area contributed by atoms with Crippen molar-refractivity contribution in [3.63, 3.8) is 0 Å². The molecule has 0 heterocycles. The summed E-state index contributed by atoms with van der Waals surface area (Å²) in [6.45, 7) is 0.551. The zero-order valence-electron chi connectivity index (χ0n) is 14.7. The number of carbonyl (C=O) groups is 1. The van der Waals surface area contributed by atoms with Crippen molar-refractivity contribution in [1.82, 2.24) is 0 Å². The molecule has 0 bridgehead atoms. The molecule has 0 aromatic rings. The van der Waals surface area contributed by atoms with Gasteiger partial charge in [-0.1, -0.05) is 63.3 Å². The Morgan fingerprint density at radius 2 is 1.55 bits per heavy atom. The van der Waals surface area contributed by atoms with Crippen LogP contribution in [0.3, 0.4) is 0 Å². The van der Waals surface area contributed by atoms with Gasteiger partial charge in [0.2, 0.25) is 0 Å². The average molecular weight is 282 g/mol. The first-order valence-corrected chi connectivity index (χ1v) is 7.92. The summed E-state index contributed by atoms with van der Waals surface area (Å²) in [5, 5.41) is 8.59. The van der Waals surface area contributed by atoms with Crippen molar-refractivity contribution >= 4 is 5.97 Å². The van der Waals surface area contributed by atoms with Crippen molar-refractivity contribution < 1.29 is 12.6 Å². The molecule has 0 aromatic heterocycles. The van der Waals surface area contributed by atoms with Gasteiger partial charge >= 0.3 is 5.97 Å². The van der Waals surface area contributed by atoms with E-state index < -0.39 is 12.4 Å². The van der Waals surface area contributed by atoms with Gasteiger partial charge in [0.05, 0.1) is 0 Å². The number of allylic oxidation sites excluding steroid dienone is 4. The third-order valence-electron chi connectivity index (χ3n) is 3.12. The highest BCUT2D eigenvalue weighted by Crippen LogP contribution is 2.08. The Kier molecular flexibility index (Phi) is 12.3. The predicted octanol–water partition coefficient (Wildman–Crippen LogP) is 5.88. The highest BCUT2D eigenvalue weighted by molar-refractivity contribution is 5.66. The van der Waals surface area contributed by atoms with E-state index in [9.17, 15) is 4.79 Å². The maximum absolute atomic E-state index is 10.5. The van der Waals surface area contributed by atoms with Gasteiger partial charge in [0.25, 0.3) is 0 Å². The van der Waals surface area contributed by atoms with Crippen LogP contribution in [-0.2, 0) is 4.79 Å². The van der Waals surface area contributed by atoms with Crippen molar-refractivity contribution in [3.05, 3.63) is 24.3 Å². The summed E-state index contributed by atoms with van der Waals surface area (Å²) in [7, 11) is 0. The van der Waals surface area contributed by atoms with E-state index in [1.165, 1.54) is 6.42 Å². The van der Waals surface area contributed by atoms with Crippen LogP contribution in [0.1, 0.15) is 86.7 Å². The van der Waals surface area contributed by atoms with Gasteiger partial charge in [-0.15, -0.1) is 0 Å². The van der Waals surface area contributed by atoms with Gasteiger partial charge < -0.3 is 5.11 Å². The smallest absolute Gasteiger partial charge is 0.303 e. The first kappa shape index (κ1) is 15.3. The van der Waals surface area contributed by atoms with Gasteiger partial charge in [0.15, 0.2) is 0 Å². The molecular formula is C18H32O2. The van der Waals surface area contributed by atoms with E-state index in [1.54, 1.807) is 0 Å². The van der Waals surface area contributed by atoms with Gasteiger partial charge in [-0.3, -0.25) is 4.79 Å². The summed E-state index contributed by atoms with van der Waals surface area (Å²) < 4.78 is 14.3. The Morgan fingerprint density at radius 3 is 2.20 bits per heavy atom. The van der Waals surface area contributed by atoms with Crippen LogP contribution in [0, 0.1) is 0 Å². The van der Waals surface area contributed by atoms with Crippen molar-refractivity contribution in [2.45, 2.75) is 83.9 Å². The highest BCUT2D eigenvalue weighted by Gasteiger charge is 1.95. The van der Waals surface area contributed by atoms with Crippen molar-refractivity contribution in [1.29, 1.82) is 0 Å². The van der Waals surface area contributed by atoms with E-state index in [0.29, 0.717) is 13.3 Å². The lowest BCUT2D eigenvalue weighted by Crippen LogP contribution is -1.93. The number of carboxylic acid groups (broad SMARTS) is 1. The first-order chi connectivity index (χ1) is 10.7. The summed E-state index contributed by atoms with van der Waals surface area (Å²) in [6, 6.07) is 0. The van der Waals surface area contributed by atoms with Crippen LogP contribution in [-0.4, -0.2) is 11.1 Å². The Bertz CT molecular complexity index is 314. The fraction of sp³-hybridized carbons (Fsp3) is 0.722. The number of unbranched alkanes of at least 4 members (excludes halogenated alkanes) is 7. The molecule has 0 aromatic carbocycles. The summed E-state index contributed by atoms with van der Waals surface area (Å²) in [5.41, 5.74) is 0. The molecule has 0 amide bonds. The Labute approximate surface area is 127 Å². The number of rotatable bonds is 14. The molecule has 1 atom stereocenters. The summed E-state index contributed by atoms with van der Waals surface area (Å²) >= 11 is 0. The van der Waals surface area contributed by atoms with E-state index in [0.717, 1.165) is 57.8 Å². The van der Waals surface area contributed by atoms with Crippen LogP contribution in [0.2, 0.25) is 0 Å². The molecule has 0 aliphatic carbocycles. The quantitative estimate of drug-likeness (QED) is 0.319. The monoisotopic (exact) mass is 282 g/mol. The average Bonchev–Trinajstić information content (AvgIpc) is 2.50. The first-order valence-electron chi connectivity index (χ1n) is 9.21. The summed E-state index contributed by atoms with van der Waals surface area (Å²) in [5.74, 6) is -1.01. The molecule has 2 nitrogen and oxygen atoms in total. The third-order valence-corrected chi connectivity index (χ3v) is 3.12. The van der Waals surface area contributed by atoms with E-state index >= 15 is 0 Å². The minimum atomic E-state index is -1.01. The molecule has 2 heteroatoms. The maximum Gasteiger partial charge on any atom is 0.303 e. The minimum absolute atomic E-state index is 0.470. The van der Waals surface area contributed by atoms with Crippen LogP contribution in [0.4, 0.5) is 0 Å². The van der Waals surface area contributed by atoms with Crippen LogP contribution in [0.15, 0.2) is 24.3 Å². The highest BCUT2D eigenvalue weighted by atomic mass is 16.4. The molecule has 0 spiro atoms. The van der Waals surface area contributed by atoms with E-state index in [1.807, 2.05) is 0 Å². The van der Waals surface area contributed by atoms with Crippen LogP contribution < -0.4 is 0 Å². The topological polar surface area (TPSA) is 37.3 Å². The second kappa shape index (κ2) is 16.0. The molecule has 1 N–H and O–H groups in total. The fourth-order valence-electron chi connectivity index (χ4n) is 1.93. The zero-order chi connectivity index (χ0) is 16.5. The van der Waals surface area contributed by atoms with Crippen molar-refractivity contribution in [2.24, 2.45) is 0 Å². The number of carboxylic acids is 1. The number of hydrogen-bond acceptors (Lipinski definition) is 1. The van der Waals surface area contributed by atoms with E-state index in [2.05, 4.69) is 24.3 Å². The predicted molar refractivity (Wildman–Crippen MR) is 87.0 cm³/mol. The number of aliphatic carboxylic acids is 1. The minimum Gasteiger partial charge on any atom is -0.481 e. The molecule has 20 heavy (non-hydrogen) atoms. The molecule has 0 radical (unpaired) electrons. The van der Waals surface area contributed by atoms with Crippen LogP contribution in [0.25, 0.3) is 0 Å². The van der Waals surface area contributed by atoms with E-state index in [-0.39, 0.29) is 0 Å². The number of hydrogen-bond donors (Lipinski definition) is 1. The van der Waals surface area contributed by atoms with Gasteiger partial charge in [-0.05, 0) is 38.5 Å². The molecule has 0 saturated heterocycles. The SMILES string of the molecule is [2H]CCCCC/C=C\C/C=C\CCCCCCC([2H])C(=O)O. The lowest BCUT2D eigenvalue weighted by molar-refractivity contribution is -0.137. The molecule has 0 fully saturated rings. The Hall–Kier alpha value is -1.05. The summed E-state index contributed by atoms with van der Waals surface area (Å²) in [6.07, 6.45) is 19.1. The fourth-order valence-corrected chi connectivity index (χ4v) is 1.93. The molecule has 0 aliphatic heterocycles. The zero-order valence-corrected chi connectivity index (χ0v) is 12.7. The van der Waals surface area contributed by atoms with Gasteiger partial charge in [-0.25, -0.2) is 0 Å². The molecule has 1 unspecified atom stereocenters. The molecular weight excluding hydrogens is 248 g/mol. The van der Waals surface area contributed by atoms with Gasteiger partial charge in [-0.2, -0.15) is 0 Å². The molecule has 0 rings (SSSR count). The van der Waals surface area contributed by atoms with Gasteiger partial charge in [0.1, 0.15) is 0 Å². The Morgan fingerprint density at radius 1 is 0.950 bits per heavy atom. The van der Waals surface area contributed by atoms with E-state index in [4.69, 9.17) is 7.85 Å². The van der Waals surface area contributed by atoms with Gasteiger partial charge in [0, 0.05) is 9.14 Å². The largest absolute Gasteiger partial charge is 0.481 e. The van der Waals surface area contributed by atoms with Crippen molar-refractivity contribution in [3.8, 4) is 0 Å². The molecule has 0 aliphatic rings. The van der Waals surface area contributed by atoms with Crippen LogP contribution in [0.5, 0.6) is 0 Å². The van der Waals surface area contributed by atoms with Crippen LogP contribution >= 0.6 is 0 Å². The maximum atomic E-state index is 10.5. The lowest BCUT2D eigenvalue weighted by Gasteiger charge is -1.98. The Balaban J connectivity index is 3.27. The second-order valence-corrected chi connectivity index (χ2v) is 5.06. The lowest BCUT2D eigenvalue weighted by atomic mass is 10.1. The molecule has 0 saturated carbocycles. The third kappa shape index (κ3) is 16.9. The molecule has 116 valence electrons. The normalized spacial score (nSPS) is 14.6. The summed E-state index contributed by atoms with van der Waals surface area (Å²) in [4.78, 5) is 10.5. The standard InChI is InChI=1S/C18H32O2/c1-2-3-4-5-6-7-8-9-10-11-12-13-14-15-16-17-18(19)20/h6-7,9-10H,2-5,8,11-17H2,1H3,(H,19,20)/b7-6-,10-9-/i1D,17D. The second-order valence-electron chi connectivity index (χ2n) is 5.06.